The van der Waals surface area contributed by atoms with Crippen molar-refractivity contribution in [2.24, 2.45) is 46.3 Å². The predicted octanol–water partition coefficient (Wildman–Crippen LogP) is 10.6. The third-order valence-electron chi connectivity index (χ3n) is 13.9. The normalized spacial score (nSPS) is 32.0. The molecule has 0 N–H and O–H groups in total. The quantitative estimate of drug-likeness (QED) is 0.0996. The number of hydrogen-bond acceptors (Lipinski definition) is 5. The van der Waals surface area contributed by atoms with Crippen molar-refractivity contribution >= 4 is 27.7 Å². The number of allylic oxidation sites excluding steroid dienone is 1. The molecule has 0 aliphatic heterocycles. The van der Waals surface area contributed by atoms with E-state index >= 15 is 0 Å². The molecule has 3 fully saturated rings. The SMILES string of the molecule is Cc1c(OCC(=O)O[C@H]2CC[C@@]3(C)C(=CCC4C3CC[C@@]3(C)C4CC[C@@H]3[C@H](C)CCCC(C)C)C2)ccc2c1oc(=O)c1ccccc12. The Hall–Kier alpha value is -3.08. The number of aryl methyl sites for hydroxylation is 1. The molecule has 4 aliphatic rings. The first-order valence-corrected chi connectivity index (χ1v) is 19.0. The molecule has 258 valence electrons. The molecule has 0 saturated heterocycles. The average molecular weight is 653 g/mol. The minimum atomic E-state index is -0.373. The van der Waals surface area contributed by atoms with Crippen LogP contribution in [0.15, 0.2) is 57.3 Å². The van der Waals surface area contributed by atoms with Crippen LogP contribution in [-0.4, -0.2) is 18.7 Å². The van der Waals surface area contributed by atoms with Crippen molar-refractivity contribution in [1.82, 2.24) is 0 Å². The van der Waals surface area contributed by atoms with Crippen molar-refractivity contribution < 1.29 is 18.7 Å². The van der Waals surface area contributed by atoms with Gasteiger partial charge in [-0.2, -0.15) is 0 Å². The Labute approximate surface area is 286 Å². The molecule has 0 bridgehead atoms. The van der Waals surface area contributed by atoms with E-state index in [9.17, 15) is 9.59 Å². The third-order valence-corrected chi connectivity index (χ3v) is 13.9. The van der Waals surface area contributed by atoms with Crippen LogP contribution in [0.3, 0.4) is 0 Å². The van der Waals surface area contributed by atoms with E-state index in [0.717, 1.165) is 65.5 Å². The summed E-state index contributed by atoms with van der Waals surface area (Å²) in [5.74, 6) is 5.10. The lowest BCUT2D eigenvalue weighted by molar-refractivity contribution is -0.153. The van der Waals surface area contributed by atoms with Gasteiger partial charge in [-0.3, -0.25) is 0 Å². The van der Waals surface area contributed by atoms with Crippen LogP contribution in [0.1, 0.15) is 111 Å². The number of ether oxygens (including phenoxy) is 2. The van der Waals surface area contributed by atoms with E-state index in [1.54, 1.807) is 6.07 Å². The maximum Gasteiger partial charge on any atom is 0.344 e. The standard InChI is InChI=1S/C43H56O5/c1-26(2)10-9-11-27(3)35-17-18-36-34-15-14-29-24-30(20-22-42(29,5)37(34)21-23-43(35,36)6)47-39(44)25-46-38-19-16-32-31-12-7-8-13-33(31)41(45)48-40(32)28(38)4/h7-8,12-14,16,19,26-27,30,34-37H,9-11,15,17-18,20-25H2,1-6H3/t27-,30+,34?,35-,36?,37?,42+,43-/m1/s1. The maximum absolute atomic E-state index is 13.1. The van der Waals surface area contributed by atoms with Gasteiger partial charge >= 0.3 is 11.6 Å². The van der Waals surface area contributed by atoms with Crippen molar-refractivity contribution in [3.05, 3.63) is 64.0 Å². The Morgan fingerprint density at radius 2 is 1.73 bits per heavy atom. The minimum Gasteiger partial charge on any atom is -0.481 e. The molecule has 1 aromatic heterocycles. The van der Waals surface area contributed by atoms with Crippen molar-refractivity contribution in [1.29, 1.82) is 0 Å². The Bertz CT molecular complexity index is 1770. The van der Waals surface area contributed by atoms with Crippen LogP contribution in [-0.2, 0) is 9.53 Å². The first kappa shape index (κ1) is 33.4. The number of carbonyl (C=O) groups is 1. The fourth-order valence-corrected chi connectivity index (χ4v) is 11.3. The largest absolute Gasteiger partial charge is 0.481 e. The van der Waals surface area contributed by atoms with Gasteiger partial charge in [-0.1, -0.05) is 83.7 Å². The van der Waals surface area contributed by atoms with E-state index in [4.69, 9.17) is 13.9 Å². The van der Waals surface area contributed by atoms with Gasteiger partial charge in [0.15, 0.2) is 6.61 Å². The summed E-state index contributed by atoms with van der Waals surface area (Å²) in [6, 6.07) is 11.2. The third kappa shape index (κ3) is 5.81. The fraction of sp³-hybridized carbons (Fsp3) is 0.628. The monoisotopic (exact) mass is 652 g/mol. The lowest BCUT2D eigenvalue weighted by Crippen LogP contribution is -2.51. The Kier molecular flexibility index (Phi) is 9.04. The Balaban J connectivity index is 0.974. The maximum atomic E-state index is 13.1. The van der Waals surface area contributed by atoms with Crippen LogP contribution in [0, 0.1) is 53.3 Å². The van der Waals surface area contributed by atoms with Gasteiger partial charge < -0.3 is 13.9 Å². The number of hydrogen-bond donors (Lipinski definition) is 0. The van der Waals surface area contributed by atoms with Gasteiger partial charge in [0, 0.05) is 17.4 Å². The molecule has 5 nitrogen and oxygen atoms in total. The number of fused-ring (bicyclic) bond motifs is 8. The summed E-state index contributed by atoms with van der Waals surface area (Å²) in [7, 11) is 0. The molecule has 4 aliphatic carbocycles. The summed E-state index contributed by atoms with van der Waals surface area (Å²) in [4.78, 5) is 25.7. The second kappa shape index (κ2) is 13.0. The van der Waals surface area contributed by atoms with Crippen LogP contribution in [0.25, 0.3) is 21.7 Å². The molecule has 3 unspecified atom stereocenters. The molecule has 5 heteroatoms. The highest BCUT2D eigenvalue weighted by molar-refractivity contribution is 6.05. The molecule has 3 aromatic rings. The molecule has 0 amide bonds. The molecule has 7 rings (SSSR count). The van der Waals surface area contributed by atoms with Crippen LogP contribution < -0.4 is 10.4 Å². The molecule has 0 spiro atoms. The van der Waals surface area contributed by atoms with Gasteiger partial charge in [-0.25, -0.2) is 9.59 Å². The first-order valence-electron chi connectivity index (χ1n) is 19.0. The van der Waals surface area contributed by atoms with Gasteiger partial charge in [0.2, 0.25) is 0 Å². The molecular formula is C43H56O5. The molecule has 1 heterocycles. The predicted molar refractivity (Wildman–Crippen MR) is 193 cm³/mol. The van der Waals surface area contributed by atoms with Gasteiger partial charge in [-0.15, -0.1) is 0 Å². The van der Waals surface area contributed by atoms with E-state index in [1.165, 1.54) is 56.9 Å². The van der Waals surface area contributed by atoms with Crippen molar-refractivity contribution in [2.75, 3.05) is 6.61 Å². The zero-order chi connectivity index (χ0) is 33.8. The van der Waals surface area contributed by atoms with Crippen LogP contribution in [0.4, 0.5) is 0 Å². The fourth-order valence-electron chi connectivity index (χ4n) is 11.3. The van der Waals surface area contributed by atoms with Crippen molar-refractivity contribution in [3.63, 3.8) is 0 Å². The summed E-state index contributed by atoms with van der Waals surface area (Å²) >= 11 is 0. The highest BCUT2D eigenvalue weighted by Crippen LogP contribution is 2.67. The lowest BCUT2D eigenvalue weighted by atomic mass is 9.47. The highest BCUT2D eigenvalue weighted by atomic mass is 16.6. The average Bonchev–Trinajstić information content (AvgIpc) is 3.42. The first-order chi connectivity index (χ1) is 23.0. The minimum absolute atomic E-state index is 0.101. The summed E-state index contributed by atoms with van der Waals surface area (Å²) in [5, 5.41) is 2.26. The van der Waals surface area contributed by atoms with Gasteiger partial charge in [0.1, 0.15) is 17.4 Å². The summed E-state index contributed by atoms with van der Waals surface area (Å²) in [6.45, 7) is 14.2. The van der Waals surface area contributed by atoms with Gasteiger partial charge in [0.25, 0.3) is 0 Å². The zero-order valence-corrected chi connectivity index (χ0v) is 30.1. The number of carbonyl (C=O) groups excluding carboxylic acids is 1. The summed E-state index contributed by atoms with van der Waals surface area (Å²) in [5.41, 5.74) is 3.07. The number of rotatable bonds is 9. The Morgan fingerprint density at radius 1 is 0.938 bits per heavy atom. The highest BCUT2D eigenvalue weighted by Gasteiger charge is 2.59. The molecule has 48 heavy (non-hydrogen) atoms. The lowest BCUT2D eigenvalue weighted by Gasteiger charge is -2.58. The van der Waals surface area contributed by atoms with E-state index in [0.29, 0.717) is 27.7 Å². The zero-order valence-electron chi connectivity index (χ0n) is 30.1. The van der Waals surface area contributed by atoms with Crippen LogP contribution in [0.2, 0.25) is 0 Å². The smallest absolute Gasteiger partial charge is 0.344 e. The van der Waals surface area contributed by atoms with Crippen molar-refractivity contribution in [2.45, 2.75) is 118 Å². The van der Waals surface area contributed by atoms with Crippen LogP contribution in [0.5, 0.6) is 5.75 Å². The van der Waals surface area contributed by atoms with Crippen LogP contribution >= 0.6 is 0 Å². The molecular weight excluding hydrogens is 596 g/mol. The molecule has 0 radical (unpaired) electrons. The van der Waals surface area contributed by atoms with Gasteiger partial charge in [0.05, 0.1) is 5.39 Å². The Morgan fingerprint density at radius 3 is 2.52 bits per heavy atom. The second-order valence-corrected chi connectivity index (χ2v) is 16.9. The summed E-state index contributed by atoms with van der Waals surface area (Å²) < 4.78 is 17.7. The molecule has 8 atom stereocenters. The van der Waals surface area contributed by atoms with E-state index in [2.05, 4.69) is 40.7 Å². The van der Waals surface area contributed by atoms with E-state index in [1.807, 2.05) is 37.3 Å². The number of esters is 1. The second-order valence-electron chi connectivity index (χ2n) is 16.9. The summed E-state index contributed by atoms with van der Waals surface area (Å²) in [6.07, 6.45) is 16.2. The van der Waals surface area contributed by atoms with E-state index in [-0.39, 0.29) is 29.7 Å². The number of benzene rings is 2. The van der Waals surface area contributed by atoms with Gasteiger partial charge in [-0.05, 0) is 122 Å². The molecule has 3 saturated carbocycles. The topological polar surface area (TPSA) is 65.7 Å². The molecule has 2 aromatic carbocycles. The van der Waals surface area contributed by atoms with E-state index < -0.39 is 0 Å². The van der Waals surface area contributed by atoms with Crippen molar-refractivity contribution in [3.8, 4) is 5.75 Å².